The van der Waals surface area contributed by atoms with Crippen LogP contribution in [0.1, 0.15) is 67.2 Å². The molecule has 8 atom stereocenters. The standard InChI is InChI=1S/C45H54N8O11/c1-6-29-42(60)52-21-11-14-30(52)43(61)51(5)32(22-26-16-18-28(19-17-26)50(3)4)44(62)53-24-35(56)34(55)23-31(53)39(57)49-37(27-12-8-7-9-13-27)45(63)64-25(2)36(40(58)47-29)48-41(59)38-33(54)15-10-20-46-38/h7-10,12-13,15-20,25,29-32,35-37,54,56H,6,11,14,21-24H2,1-5H3,(H,47,58)(H,48,59)(H,49,57). The Morgan fingerprint density at radius 2 is 1.59 bits per heavy atom. The number of anilines is 1. The summed E-state index contributed by atoms with van der Waals surface area (Å²) in [6, 6.07) is 9.22. The molecule has 4 heterocycles. The minimum atomic E-state index is -1.71. The number of rotatable bonds is 7. The van der Waals surface area contributed by atoms with Crippen LogP contribution in [0.15, 0.2) is 72.9 Å². The number of piperidine rings is 1. The van der Waals surface area contributed by atoms with Gasteiger partial charge in [0, 0.05) is 52.4 Å². The maximum atomic E-state index is 15.0. The smallest absolute Gasteiger partial charge is 0.333 e. The van der Waals surface area contributed by atoms with Gasteiger partial charge in [-0.3, -0.25) is 33.6 Å². The molecule has 3 aromatic rings. The SMILES string of the molecule is CCC1NC(=O)C(NC(=O)c2ncccc2O)C(C)OC(=O)C(c2ccccc2)NC(=O)C2CC(=O)C(O)CN2C(=O)C(Cc2ccc(N(C)C)cc2)N(C)C(=O)C2CCCN2C1=O. The Hall–Kier alpha value is -6.89. The monoisotopic (exact) mass is 882 g/mol. The van der Waals surface area contributed by atoms with E-state index in [0.29, 0.717) is 12.0 Å². The number of hydrogen-bond acceptors (Lipinski definition) is 13. The molecule has 0 aliphatic carbocycles. The largest absolute Gasteiger partial charge is 0.505 e. The number of carbonyl (C=O) groups is 8. The topological polar surface area (TPSA) is 248 Å². The number of nitrogens with zero attached hydrogens (tertiary/aromatic N) is 5. The van der Waals surface area contributed by atoms with Crippen LogP contribution in [-0.4, -0.2) is 154 Å². The van der Waals surface area contributed by atoms with Gasteiger partial charge < -0.3 is 50.5 Å². The second-order valence-corrected chi connectivity index (χ2v) is 16.4. The van der Waals surface area contributed by atoms with Crippen molar-refractivity contribution in [2.24, 2.45) is 0 Å². The van der Waals surface area contributed by atoms with Gasteiger partial charge in [0.1, 0.15) is 48.2 Å². The number of cyclic esters (lactones) is 1. The number of carbonyl (C=O) groups excluding carboxylic acids is 8. The highest BCUT2D eigenvalue weighted by molar-refractivity contribution is 6.01. The van der Waals surface area contributed by atoms with Crippen molar-refractivity contribution in [2.45, 2.75) is 94.4 Å². The van der Waals surface area contributed by atoms with Gasteiger partial charge >= 0.3 is 5.97 Å². The van der Waals surface area contributed by atoms with Gasteiger partial charge in [-0.25, -0.2) is 9.78 Å². The first kappa shape index (κ1) is 46.6. The second kappa shape index (κ2) is 20.1. The summed E-state index contributed by atoms with van der Waals surface area (Å²) in [5.41, 5.74) is 1.28. The molecule has 6 amide bonds. The lowest BCUT2D eigenvalue weighted by Gasteiger charge is -2.41. The average Bonchev–Trinajstić information content (AvgIpc) is 3.78. The summed E-state index contributed by atoms with van der Waals surface area (Å²) in [6.45, 7) is 2.48. The van der Waals surface area contributed by atoms with Crippen LogP contribution in [0.2, 0.25) is 0 Å². The molecule has 3 aliphatic rings. The van der Waals surface area contributed by atoms with E-state index in [2.05, 4.69) is 20.9 Å². The Bertz CT molecular complexity index is 2260. The fraction of sp³-hybridized carbons (Fsp3) is 0.444. The van der Waals surface area contributed by atoms with Gasteiger partial charge in [-0.05, 0) is 61.6 Å². The summed E-state index contributed by atoms with van der Waals surface area (Å²) in [6.07, 6.45) is -1.94. The van der Waals surface area contributed by atoms with E-state index in [4.69, 9.17) is 4.74 Å². The van der Waals surface area contributed by atoms with Crippen molar-refractivity contribution in [1.29, 1.82) is 0 Å². The fourth-order valence-corrected chi connectivity index (χ4v) is 8.20. The van der Waals surface area contributed by atoms with E-state index < -0.39 is 120 Å². The minimum Gasteiger partial charge on any atom is -0.505 e. The maximum absolute atomic E-state index is 15.0. The third-order valence-electron chi connectivity index (χ3n) is 11.9. The zero-order valence-electron chi connectivity index (χ0n) is 36.3. The van der Waals surface area contributed by atoms with Gasteiger partial charge in [-0.1, -0.05) is 49.4 Å². The highest BCUT2D eigenvalue weighted by Gasteiger charge is 2.47. The molecule has 2 aromatic carbocycles. The van der Waals surface area contributed by atoms with E-state index in [1.54, 1.807) is 37.3 Å². The number of likely N-dealkylation sites (N-methyl/N-ethyl adjacent to an activating group) is 1. The Morgan fingerprint density at radius 3 is 2.25 bits per heavy atom. The quantitative estimate of drug-likeness (QED) is 0.200. The van der Waals surface area contributed by atoms with Gasteiger partial charge in [-0.2, -0.15) is 0 Å². The van der Waals surface area contributed by atoms with Gasteiger partial charge in [0.25, 0.3) is 5.91 Å². The molecule has 0 spiro atoms. The van der Waals surface area contributed by atoms with Gasteiger partial charge in [-0.15, -0.1) is 0 Å². The molecular formula is C45H54N8O11. The van der Waals surface area contributed by atoms with Crippen molar-refractivity contribution in [1.82, 2.24) is 35.6 Å². The normalized spacial score (nSPS) is 26.4. The fourth-order valence-electron chi connectivity index (χ4n) is 8.20. The zero-order chi connectivity index (χ0) is 46.4. The van der Waals surface area contributed by atoms with E-state index in [1.165, 1.54) is 54.2 Å². The molecule has 19 heteroatoms. The minimum absolute atomic E-state index is 0.0389. The number of aromatic nitrogens is 1. The molecular weight excluding hydrogens is 829 g/mol. The Labute approximate surface area is 370 Å². The molecule has 0 bridgehead atoms. The van der Waals surface area contributed by atoms with E-state index in [9.17, 15) is 48.6 Å². The number of benzene rings is 2. The van der Waals surface area contributed by atoms with Gasteiger partial charge in [0.15, 0.2) is 17.5 Å². The van der Waals surface area contributed by atoms with Crippen LogP contribution in [0.25, 0.3) is 0 Å². The molecule has 3 fully saturated rings. The number of hydrogen-bond donors (Lipinski definition) is 5. The molecule has 6 rings (SSSR count). The number of amides is 6. The summed E-state index contributed by atoms with van der Waals surface area (Å²) in [5, 5.41) is 29.0. The summed E-state index contributed by atoms with van der Waals surface area (Å²) < 4.78 is 5.83. The van der Waals surface area contributed by atoms with Crippen molar-refractivity contribution in [3.8, 4) is 5.75 Å². The Kier molecular flexibility index (Phi) is 14.6. The van der Waals surface area contributed by atoms with Crippen LogP contribution in [0.5, 0.6) is 5.75 Å². The number of aromatic hydroxyl groups is 1. The number of fused-ring (bicyclic) bond motifs is 2. The highest BCUT2D eigenvalue weighted by atomic mass is 16.5. The Balaban J connectivity index is 1.45. The molecule has 1 aromatic heterocycles. The lowest BCUT2D eigenvalue weighted by atomic mass is 9.94. The first-order chi connectivity index (χ1) is 30.5. The van der Waals surface area contributed by atoms with Crippen molar-refractivity contribution < 1.29 is 53.3 Å². The van der Waals surface area contributed by atoms with Gasteiger partial charge in [0.05, 0.1) is 6.54 Å². The van der Waals surface area contributed by atoms with Crippen molar-refractivity contribution in [3.63, 3.8) is 0 Å². The summed E-state index contributed by atoms with van der Waals surface area (Å²) in [4.78, 5) is 123. The maximum Gasteiger partial charge on any atom is 0.333 e. The molecule has 3 saturated heterocycles. The number of nitrogens with one attached hydrogen (secondary N) is 3. The molecule has 0 saturated carbocycles. The van der Waals surface area contributed by atoms with E-state index in [-0.39, 0.29) is 31.4 Å². The number of aliphatic hydroxyl groups is 1. The molecule has 19 nitrogen and oxygen atoms in total. The summed E-state index contributed by atoms with van der Waals surface area (Å²) >= 11 is 0. The van der Waals surface area contributed by atoms with Crippen LogP contribution in [-0.2, 0) is 44.7 Å². The number of Topliss-reactive ketones (excluding diaryl/α,β-unsaturated/α-hetero) is 1. The summed E-state index contributed by atoms with van der Waals surface area (Å²) in [5.74, 6) is -7.26. The van der Waals surface area contributed by atoms with Crippen LogP contribution in [0.3, 0.4) is 0 Å². The van der Waals surface area contributed by atoms with Gasteiger partial charge in [0.2, 0.25) is 29.5 Å². The van der Waals surface area contributed by atoms with E-state index >= 15 is 0 Å². The number of aliphatic hydroxyl groups excluding tert-OH is 1. The highest BCUT2D eigenvalue weighted by Crippen LogP contribution is 2.27. The first-order valence-corrected chi connectivity index (χ1v) is 21.2. The first-order valence-electron chi connectivity index (χ1n) is 21.2. The molecule has 340 valence electrons. The predicted octanol–water partition coefficient (Wildman–Crippen LogP) is 0.241. The molecule has 3 aliphatic heterocycles. The third-order valence-corrected chi connectivity index (χ3v) is 11.9. The van der Waals surface area contributed by atoms with Crippen LogP contribution < -0.4 is 20.9 Å². The number of pyridine rings is 1. The lowest BCUT2D eigenvalue weighted by Crippen LogP contribution is -2.63. The van der Waals surface area contributed by atoms with E-state index in [0.717, 1.165) is 10.6 Å². The molecule has 64 heavy (non-hydrogen) atoms. The number of ether oxygens (including phenoxy) is 1. The molecule has 8 unspecified atom stereocenters. The second-order valence-electron chi connectivity index (χ2n) is 16.4. The van der Waals surface area contributed by atoms with Crippen molar-refractivity contribution >= 4 is 52.9 Å². The van der Waals surface area contributed by atoms with E-state index in [1.807, 2.05) is 31.1 Å². The van der Waals surface area contributed by atoms with Crippen LogP contribution >= 0.6 is 0 Å². The molecule has 0 radical (unpaired) electrons. The average molecular weight is 883 g/mol. The van der Waals surface area contributed by atoms with Crippen molar-refractivity contribution in [2.75, 3.05) is 39.1 Å². The zero-order valence-corrected chi connectivity index (χ0v) is 36.3. The number of esters is 1. The Morgan fingerprint density at radius 1 is 0.891 bits per heavy atom. The summed E-state index contributed by atoms with van der Waals surface area (Å²) in [7, 11) is 5.15. The van der Waals surface area contributed by atoms with Crippen molar-refractivity contribution in [3.05, 3.63) is 89.7 Å². The third kappa shape index (κ3) is 10.1. The molecule has 5 N–H and O–H groups in total. The number of ketones is 1. The predicted molar refractivity (Wildman–Crippen MR) is 229 cm³/mol. The lowest BCUT2D eigenvalue weighted by molar-refractivity contribution is -0.159. The van der Waals surface area contributed by atoms with Crippen LogP contribution in [0, 0.1) is 0 Å². The van der Waals surface area contributed by atoms with Crippen LogP contribution in [0.4, 0.5) is 5.69 Å².